The van der Waals surface area contributed by atoms with Crippen LogP contribution in [0.1, 0.15) is 19.3 Å². The number of aromatic amines is 1. The van der Waals surface area contributed by atoms with Gasteiger partial charge in [-0.3, -0.25) is 4.79 Å². The molecule has 0 unspecified atom stereocenters. The van der Waals surface area contributed by atoms with Crippen molar-refractivity contribution in [1.29, 1.82) is 0 Å². The third kappa shape index (κ3) is 4.25. The molecule has 0 bridgehead atoms. The Morgan fingerprint density at radius 3 is 3.16 bits per heavy atom. The van der Waals surface area contributed by atoms with Crippen LogP contribution in [-0.2, 0) is 4.79 Å². The van der Waals surface area contributed by atoms with Gasteiger partial charge in [-0.15, -0.1) is 10.2 Å². The van der Waals surface area contributed by atoms with E-state index in [-0.39, 0.29) is 5.78 Å². The van der Waals surface area contributed by atoms with E-state index in [4.69, 9.17) is 4.42 Å². The average molecular weight is 417 g/mol. The van der Waals surface area contributed by atoms with Crippen molar-refractivity contribution in [3.8, 4) is 11.5 Å². The molecule has 2 N–H and O–H groups in total. The lowest BCUT2D eigenvalue weighted by Crippen LogP contribution is -2.37. The Morgan fingerprint density at radius 1 is 1.29 bits per heavy atom. The van der Waals surface area contributed by atoms with Crippen LogP contribution in [0.5, 0.6) is 0 Å². The minimum absolute atomic E-state index is 0.199. The van der Waals surface area contributed by atoms with E-state index in [0.717, 1.165) is 54.0 Å². The lowest BCUT2D eigenvalue weighted by atomic mass is 9.92. The van der Waals surface area contributed by atoms with Gasteiger partial charge in [0, 0.05) is 37.0 Å². The maximum Gasteiger partial charge on any atom is 0.247 e. The molecule has 4 aromatic rings. The molecule has 0 saturated carbocycles. The molecule has 31 heavy (non-hydrogen) atoms. The number of nitrogens with zero attached hydrogens (tertiary/aromatic N) is 5. The van der Waals surface area contributed by atoms with E-state index in [1.165, 1.54) is 6.39 Å². The molecular weight excluding hydrogens is 394 g/mol. The Bertz CT molecular complexity index is 1170. The summed E-state index contributed by atoms with van der Waals surface area (Å²) in [5.41, 5.74) is 2.51. The third-order valence-corrected chi connectivity index (χ3v) is 5.63. The predicted molar refractivity (Wildman–Crippen MR) is 117 cm³/mol. The summed E-state index contributed by atoms with van der Waals surface area (Å²) in [7, 11) is 0. The number of rotatable bonds is 7. The standard InChI is InChI=1S/C22H23N7O2/c30-18(11-24-17-5-1-4-16(10-17)22-28-27-14-31-22)9-15-3-2-8-29(12-15)21-19-6-7-23-20(19)25-13-26-21/h1,4-7,10,13-15,24H,2-3,8-9,11-12H2,(H,23,25,26)/t15-/m0/s1. The van der Waals surface area contributed by atoms with Crippen molar-refractivity contribution in [2.45, 2.75) is 19.3 Å². The number of carbonyl (C=O) groups excluding carboxylic acids is 1. The summed E-state index contributed by atoms with van der Waals surface area (Å²) in [5.74, 6) is 1.92. The summed E-state index contributed by atoms with van der Waals surface area (Å²) >= 11 is 0. The number of piperidine rings is 1. The van der Waals surface area contributed by atoms with Crippen LogP contribution in [0.4, 0.5) is 11.5 Å². The zero-order valence-electron chi connectivity index (χ0n) is 17.0. The number of ketones is 1. The number of anilines is 2. The number of nitrogens with one attached hydrogen (secondary N) is 2. The van der Waals surface area contributed by atoms with Crippen molar-refractivity contribution in [3.05, 3.63) is 49.2 Å². The molecule has 9 heteroatoms. The van der Waals surface area contributed by atoms with Crippen LogP contribution >= 0.6 is 0 Å². The Labute approximate surface area is 178 Å². The van der Waals surface area contributed by atoms with E-state index in [2.05, 4.69) is 35.4 Å². The van der Waals surface area contributed by atoms with Gasteiger partial charge in [0.25, 0.3) is 0 Å². The second kappa shape index (κ2) is 8.55. The summed E-state index contributed by atoms with van der Waals surface area (Å²) in [4.78, 5) is 26.8. The molecule has 0 amide bonds. The van der Waals surface area contributed by atoms with Gasteiger partial charge in [0.2, 0.25) is 12.3 Å². The number of benzene rings is 1. The molecule has 1 fully saturated rings. The molecule has 0 spiro atoms. The molecule has 1 aliphatic rings. The first-order valence-electron chi connectivity index (χ1n) is 10.4. The lowest BCUT2D eigenvalue weighted by Gasteiger charge is -2.33. The Balaban J connectivity index is 1.18. The minimum Gasteiger partial charge on any atom is -0.423 e. The van der Waals surface area contributed by atoms with E-state index in [1.54, 1.807) is 6.33 Å². The fourth-order valence-electron chi connectivity index (χ4n) is 4.19. The third-order valence-electron chi connectivity index (χ3n) is 5.63. The maximum absolute atomic E-state index is 12.7. The molecule has 3 aromatic heterocycles. The number of hydrogen-bond donors (Lipinski definition) is 2. The van der Waals surface area contributed by atoms with Gasteiger partial charge < -0.3 is 19.6 Å². The summed E-state index contributed by atoms with van der Waals surface area (Å²) in [6.07, 6.45) is 7.43. The number of H-pyrrole nitrogens is 1. The Morgan fingerprint density at radius 2 is 2.26 bits per heavy atom. The smallest absolute Gasteiger partial charge is 0.247 e. The number of Topliss-reactive ketones (excluding diaryl/α,β-unsaturated/α-hetero) is 1. The van der Waals surface area contributed by atoms with Gasteiger partial charge >= 0.3 is 0 Å². The highest BCUT2D eigenvalue weighted by atomic mass is 16.4. The molecule has 0 aliphatic carbocycles. The van der Waals surface area contributed by atoms with Gasteiger partial charge in [-0.05, 0) is 43.0 Å². The first kappa shape index (κ1) is 19.2. The molecule has 1 saturated heterocycles. The van der Waals surface area contributed by atoms with Crippen molar-refractivity contribution in [3.63, 3.8) is 0 Å². The molecule has 158 valence electrons. The van der Waals surface area contributed by atoms with Gasteiger partial charge in [0.05, 0.1) is 11.9 Å². The minimum atomic E-state index is 0.199. The average Bonchev–Trinajstić information content (AvgIpc) is 3.50. The zero-order chi connectivity index (χ0) is 21.0. The zero-order valence-corrected chi connectivity index (χ0v) is 17.0. The van der Waals surface area contributed by atoms with Gasteiger partial charge in [-0.2, -0.15) is 0 Å². The molecule has 1 aromatic carbocycles. The molecule has 1 aliphatic heterocycles. The van der Waals surface area contributed by atoms with Crippen molar-refractivity contribution in [2.24, 2.45) is 5.92 Å². The van der Waals surface area contributed by atoms with E-state index in [0.29, 0.717) is 24.8 Å². The van der Waals surface area contributed by atoms with Gasteiger partial charge in [0.15, 0.2) is 5.78 Å². The van der Waals surface area contributed by atoms with Crippen molar-refractivity contribution in [2.75, 3.05) is 29.9 Å². The number of aromatic nitrogens is 5. The van der Waals surface area contributed by atoms with E-state index in [1.807, 2.05) is 36.5 Å². The summed E-state index contributed by atoms with van der Waals surface area (Å²) in [6.45, 7) is 2.07. The molecule has 4 heterocycles. The second-order valence-electron chi connectivity index (χ2n) is 7.81. The van der Waals surface area contributed by atoms with Gasteiger partial charge in [0.1, 0.15) is 17.8 Å². The quantitative estimate of drug-likeness (QED) is 0.471. The molecule has 9 nitrogen and oxygen atoms in total. The van der Waals surface area contributed by atoms with Crippen molar-refractivity contribution < 1.29 is 9.21 Å². The second-order valence-corrected chi connectivity index (χ2v) is 7.81. The first-order chi connectivity index (χ1) is 15.3. The topological polar surface area (TPSA) is 113 Å². The molecular formula is C22H23N7O2. The normalized spacial score (nSPS) is 16.5. The Kier molecular flexibility index (Phi) is 5.30. The Hall–Kier alpha value is -3.75. The maximum atomic E-state index is 12.7. The van der Waals surface area contributed by atoms with Crippen LogP contribution in [0.3, 0.4) is 0 Å². The van der Waals surface area contributed by atoms with Crippen molar-refractivity contribution in [1.82, 2.24) is 25.1 Å². The van der Waals surface area contributed by atoms with Crippen molar-refractivity contribution >= 4 is 28.3 Å². The summed E-state index contributed by atoms with van der Waals surface area (Å²) in [5, 5.41) is 11.9. The predicted octanol–water partition coefficient (Wildman–Crippen LogP) is 3.30. The van der Waals surface area contributed by atoms with E-state index in [9.17, 15) is 4.79 Å². The highest BCUT2D eigenvalue weighted by Gasteiger charge is 2.24. The largest absolute Gasteiger partial charge is 0.423 e. The fourth-order valence-corrected chi connectivity index (χ4v) is 4.19. The van der Waals surface area contributed by atoms with E-state index >= 15 is 0 Å². The highest BCUT2D eigenvalue weighted by Crippen LogP contribution is 2.28. The molecule has 1 atom stereocenters. The van der Waals surface area contributed by atoms with Crippen LogP contribution in [0, 0.1) is 5.92 Å². The van der Waals surface area contributed by atoms with Crippen LogP contribution in [0.25, 0.3) is 22.5 Å². The van der Waals surface area contributed by atoms with Crippen LogP contribution in [0.15, 0.2) is 53.7 Å². The number of fused-ring (bicyclic) bond motifs is 1. The number of carbonyl (C=O) groups is 1. The molecule has 0 radical (unpaired) electrons. The number of hydrogen-bond acceptors (Lipinski definition) is 8. The fraction of sp³-hybridized carbons (Fsp3) is 0.318. The summed E-state index contributed by atoms with van der Waals surface area (Å²) in [6, 6.07) is 9.62. The highest BCUT2D eigenvalue weighted by molar-refractivity contribution is 5.87. The van der Waals surface area contributed by atoms with Crippen LogP contribution < -0.4 is 10.2 Å². The first-order valence-corrected chi connectivity index (χ1v) is 10.4. The van der Waals surface area contributed by atoms with Crippen LogP contribution in [-0.4, -0.2) is 50.6 Å². The summed E-state index contributed by atoms with van der Waals surface area (Å²) < 4.78 is 5.24. The SMILES string of the molecule is O=C(CNc1cccc(-c2nnco2)c1)C[C@@H]1CCCN(c2ncnc3[nH]ccc23)C1. The monoisotopic (exact) mass is 417 g/mol. The molecule has 5 rings (SSSR count). The lowest BCUT2D eigenvalue weighted by molar-refractivity contribution is -0.118. The van der Waals surface area contributed by atoms with Gasteiger partial charge in [-0.1, -0.05) is 6.07 Å². The van der Waals surface area contributed by atoms with Gasteiger partial charge in [-0.25, -0.2) is 9.97 Å². The van der Waals surface area contributed by atoms with Crippen LogP contribution in [0.2, 0.25) is 0 Å². The van der Waals surface area contributed by atoms with E-state index < -0.39 is 0 Å².